The van der Waals surface area contributed by atoms with E-state index in [9.17, 15) is 9.59 Å². The maximum absolute atomic E-state index is 12.4. The number of amides is 1. The molecule has 0 atom stereocenters. The van der Waals surface area contributed by atoms with Crippen LogP contribution < -0.4 is 9.75 Å². The molecule has 124 valence electrons. The highest BCUT2D eigenvalue weighted by Crippen LogP contribution is 2.39. The minimum atomic E-state index is -0.232. The number of carbonyl (C=O) groups excluding carboxylic acids is 2. The van der Waals surface area contributed by atoms with Gasteiger partial charge in [0, 0.05) is 12.5 Å². The topological polar surface area (TPSA) is 77.3 Å². The SMILES string of the molecule is COc1ccc(C2=C(C(C)=O)Sc3nnc(C)n3N2C(C)=O)cc1. The van der Waals surface area contributed by atoms with Gasteiger partial charge in [0.15, 0.2) is 11.6 Å². The van der Waals surface area contributed by atoms with E-state index in [4.69, 9.17) is 4.74 Å². The van der Waals surface area contributed by atoms with Crippen molar-refractivity contribution in [2.45, 2.75) is 25.9 Å². The van der Waals surface area contributed by atoms with Gasteiger partial charge in [0.25, 0.3) is 0 Å². The van der Waals surface area contributed by atoms with Gasteiger partial charge in [0.1, 0.15) is 5.75 Å². The number of ether oxygens (including phenoxy) is 1. The number of rotatable bonds is 3. The second-order valence-electron chi connectivity index (χ2n) is 5.24. The Labute approximate surface area is 143 Å². The first-order chi connectivity index (χ1) is 11.4. The molecule has 3 rings (SSSR count). The highest BCUT2D eigenvalue weighted by Gasteiger charge is 2.33. The second-order valence-corrected chi connectivity index (χ2v) is 6.21. The summed E-state index contributed by atoms with van der Waals surface area (Å²) in [4.78, 5) is 25.0. The number of allylic oxidation sites excluding steroid dienone is 1. The number of thioether (sulfide) groups is 1. The van der Waals surface area contributed by atoms with Crippen molar-refractivity contribution in [3.8, 4) is 5.75 Å². The summed E-state index contributed by atoms with van der Waals surface area (Å²) < 4.78 is 6.80. The van der Waals surface area contributed by atoms with Gasteiger partial charge in [0.2, 0.25) is 11.1 Å². The van der Waals surface area contributed by atoms with Crippen LogP contribution in [-0.2, 0) is 9.59 Å². The first-order valence-corrected chi connectivity index (χ1v) is 8.06. The van der Waals surface area contributed by atoms with Gasteiger partial charge in [-0.05, 0) is 49.9 Å². The molecule has 0 saturated heterocycles. The van der Waals surface area contributed by atoms with Crippen LogP contribution in [0.25, 0.3) is 5.70 Å². The number of hydrogen-bond acceptors (Lipinski definition) is 6. The molecule has 0 N–H and O–H groups in total. The van der Waals surface area contributed by atoms with Crippen molar-refractivity contribution in [1.29, 1.82) is 0 Å². The monoisotopic (exact) mass is 344 g/mol. The summed E-state index contributed by atoms with van der Waals surface area (Å²) >= 11 is 1.21. The molecule has 1 aromatic heterocycles. The van der Waals surface area contributed by atoms with Gasteiger partial charge in [-0.25, -0.2) is 9.69 Å². The van der Waals surface area contributed by atoms with Crippen LogP contribution in [0.5, 0.6) is 5.75 Å². The van der Waals surface area contributed by atoms with Crippen molar-refractivity contribution < 1.29 is 14.3 Å². The summed E-state index contributed by atoms with van der Waals surface area (Å²) in [5.74, 6) is 0.900. The third kappa shape index (κ3) is 2.58. The molecule has 1 aliphatic rings. The third-order valence-corrected chi connectivity index (χ3v) is 4.69. The Bertz CT molecular complexity index is 855. The van der Waals surface area contributed by atoms with E-state index in [0.717, 1.165) is 5.56 Å². The van der Waals surface area contributed by atoms with Crippen molar-refractivity contribution in [3.63, 3.8) is 0 Å². The van der Waals surface area contributed by atoms with Gasteiger partial charge in [-0.1, -0.05) is 0 Å². The smallest absolute Gasteiger partial charge is 0.243 e. The number of benzene rings is 1. The van der Waals surface area contributed by atoms with Gasteiger partial charge >= 0.3 is 0 Å². The van der Waals surface area contributed by atoms with E-state index in [0.29, 0.717) is 27.3 Å². The fourth-order valence-electron chi connectivity index (χ4n) is 2.51. The second kappa shape index (κ2) is 6.12. The summed E-state index contributed by atoms with van der Waals surface area (Å²) in [6, 6.07) is 7.21. The molecule has 0 bridgehead atoms. The third-order valence-electron chi connectivity index (χ3n) is 3.57. The summed E-state index contributed by atoms with van der Waals surface area (Å²) in [5.41, 5.74) is 1.26. The van der Waals surface area contributed by atoms with E-state index in [2.05, 4.69) is 10.2 Å². The Morgan fingerprint density at radius 3 is 2.33 bits per heavy atom. The zero-order valence-corrected chi connectivity index (χ0v) is 14.5. The molecule has 1 aliphatic heterocycles. The Morgan fingerprint density at radius 2 is 1.79 bits per heavy atom. The molecule has 0 aliphatic carbocycles. The van der Waals surface area contributed by atoms with Gasteiger partial charge < -0.3 is 4.74 Å². The van der Waals surface area contributed by atoms with Gasteiger partial charge in [-0.3, -0.25) is 9.59 Å². The summed E-state index contributed by atoms with van der Waals surface area (Å²) in [6.07, 6.45) is 0. The first-order valence-electron chi connectivity index (χ1n) is 7.24. The fraction of sp³-hybridized carbons (Fsp3) is 0.250. The van der Waals surface area contributed by atoms with E-state index < -0.39 is 0 Å². The van der Waals surface area contributed by atoms with E-state index in [1.807, 2.05) is 12.1 Å². The minimum absolute atomic E-state index is 0.135. The Morgan fingerprint density at radius 1 is 1.12 bits per heavy atom. The van der Waals surface area contributed by atoms with Gasteiger partial charge in [-0.2, -0.15) is 0 Å². The van der Waals surface area contributed by atoms with Crippen molar-refractivity contribution in [3.05, 3.63) is 40.6 Å². The number of ketones is 1. The number of nitrogens with zero attached hydrogens (tertiary/aromatic N) is 4. The number of aryl methyl sites for hydroxylation is 1. The maximum Gasteiger partial charge on any atom is 0.243 e. The molecular formula is C16H16N4O3S. The molecule has 7 nitrogen and oxygen atoms in total. The van der Waals surface area contributed by atoms with Crippen LogP contribution in [0.2, 0.25) is 0 Å². The van der Waals surface area contributed by atoms with Gasteiger partial charge in [0.05, 0.1) is 17.7 Å². The molecule has 8 heteroatoms. The van der Waals surface area contributed by atoms with E-state index in [1.165, 1.54) is 30.6 Å². The molecule has 24 heavy (non-hydrogen) atoms. The highest BCUT2D eigenvalue weighted by molar-refractivity contribution is 8.04. The van der Waals surface area contributed by atoms with E-state index in [1.54, 1.807) is 30.8 Å². The number of Topliss-reactive ketones (excluding diaryl/α,β-unsaturated/α-hetero) is 1. The fourth-order valence-corrected chi connectivity index (χ4v) is 3.52. The summed E-state index contributed by atoms with van der Waals surface area (Å²) in [5, 5.41) is 10.0. The standard InChI is InChI=1S/C16H16N4O3S/c1-9(21)15-14(12-5-7-13(23-4)8-6-12)20(11(3)22)19-10(2)17-18-16(19)24-15/h5-8H,1-4H3. The molecular weight excluding hydrogens is 328 g/mol. The molecule has 1 aromatic carbocycles. The van der Waals surface area contributed by atoms with Crippen molar-refractivity contribution in [1.82, 2.24) is 14.9 Å². The van der Waals surface area contributed by atoms with Gasteiger partial charge in [-0.15, -0.1) is 10.2 Å². The molecule has 0 saturated carbocycles. The lowest BCUT2D eigenvalue weighted by Crippen LogP contribution is -2.41. The van der Waals surface area contributed by atoms with Crippen molar-refractivity contribution in [2.75, 3.05) is 12.1 Å². The first kappa shape index (κ1) is 16.3. The lowest BCUT2D eigenvalue weighted by Gasteiger charge is -2.31. The van der Waals surface area contributed by atoms with Crippen LogP contribution in [0.4, 0.5) is 0 Å². The molecule has 2 heterocycles. The van der Waals surface area contributed by atoms with E-state index in [-0.39, 0.29) is 11.7 Å². The van der Waals surface area contributed by atoms with Crippen LogP contribution in [0, 0.1) is 6.92 Å². The summed E-state index contributed by atoms with van der Waals surface area (Å²) in [6.45, 7) is 4.68. The summed E-state index contributed by atoms with van der Waals surface area (Å²) in [7, 11) is 1.58. The number of hydrogen-bond donors (Lipinski definition) is 0. The van der Waals surface area contributed by atoms with Crippen LogP contribution in [0.15, 0.2) is 34.3 Å². The minimum Gasteiger partial charge on any atom is -0.497 e. The number of aromatic nitrogens is 3. The molecule has 1 amide bonds. The van der Waals surface area contributed by atoms with E-state index >= 15 is 0 Å². The predicted octanol–water partition coefficient (Wildman–Crippen LogP) is 2.14. The Hall–Kier alpha value is -2.61. The van der Waals surface area contributed by atoms with Crippen molar-refractivity contribution >= 4 is 29.1 Å². The zero-order chi connectivity index (χ0) is 17.4. The predicted molar refractivity (Wildman–Crippen MR) is 90.1 cm³/mol. The van der Waals surface area contributed by atoms with Crippen LogP contribution in [-0.4, -0.2) is 33.7 Å². The van der Waals surface area contributed by atoms with Crippen LogP contribution in [0.1, 0.15) is 25.2 Å². The normalized spacial score (nSPS) is 13.8. The average Bonchev–Trinajstić information content (AvgIpc) is 2.94. The number of fused-ring (bicyclic) bond motifs is 1. The van der Waals surface area contributed by atoms with Crippen LogP contribution >= 0.6 is 11.8 Å². The number of carbonyl (C=O) groups is 2. The molecule has 0 radical (unpaired) electrons. The largest absolute Gasteiger partial charge is 0.497 e. The molecule has 0 fully saturated rings. The van der Waals surface area contributed by atoms with Crippen LogP contribution in [0.3, 0.4) is 0 Å². The lowest BCUT2D eigenvalue weighted by atomic mass is 10.1. The zero-order valence-electron chi connectivity index (χ0n) is 13.7. The molecule has 0 unspecified atom stereocenters. The number of methoxy groups -OCH3 is 1. The van der Waals surface area contributed by atoms with Crippen molar-refractivity contribution in [2.24, 2.45) is 0 Å². The highest BCUT2D eigenvalue weighted by atomic mass is 32.2. The Kier molecular flexibility index (Phi) is 4.15. The molecule has 2 aromatic rings. The average molecular weight is 344 g/mol. The Balaban J connectivity index is 2.24. The lowest BCUT2D eigenvalue weighted by molar-refractivity contribution is -0.117. The quantitative estimate of drug-likeness (QED) is 0.849. The maximum atomic E-state index is 12.4. The molecule has 0 spiro atoms.